The first-order valence-corrected chi connectivity index (χ1v) is 9.66. The summed E-state index contributed by atoms with van der Waals surface area (Å²) < 4.78 is 10.8. The molecule has 1 aliphatic heterocycles. The Kier molecular flexibility index (Phi) is 9.09. The second-order valence-electron chi connectivity index (χ2n) is 7.10. The highest BCUT2D eigenvalue weighted by molar-refractivity contribution is 14.0. The molecular formula is C21H32IN5O2. The molecule has 0 amide bonds. The van der Waals surface area contributed by atoms with E-state index in [-0.39, 0.29) is 30.0 Å². The Labute approximate surface area is 190 Å². The molecule has 1 aromatic carbocycles. The number of guanidine groups is 1. The van der Waals surface area contributed by atoms with Gasteiger partial charge in [-0.05, 0) is 50.5 Å². The maximum absolute atomic E-state index is 5.60. The van der Waals surface area contributed by atoms with Gasteiger partial charge in [-0.25, -0.2) is 0 Å². The summed E-state index contributed by atoms with van der Waals surface area (Å²) in [5.74, 6) is 2.78. The number of hydrogen-bond donors (Lipinski definition) is 1. The molecule has 0 radical (unpaired) electrons. The Morgan fingerprint density at radius 3 is 2.38 bits per heavy atom. The predicted octanol–water partition coefficient (Wildman–Crippen LogP) is 2.91. The summed E-state index contributed by atoms with van der Waals surface area (Å²) in [5.41, 5.74) is 1.23. The van der Waals surface area contributed by atoms with Gasteiger partial charge in [0, 0.05) is 45.5 Å². The number of nitrogens with zero attached hydrogens (tertiary/aromatic N) is 4. The van der Waals surface area contributed by atoms with Crippen molar-refractivity contribution in [2.45, 2.75) is 6.04 Å². The van der Waals surface area contributed by atoms with E-state index in [2.05, 4.69) is 51.2 Å². The maximum Gasteiger partial charge on any atom is 0.193 e. The second-order valence-corrected chi connectivity index (χ2v) is 7.10. The van der Waals surface area contributed by atoms with Gasteiger partial charge in [-0.3, -0.25) is 9.89 Å². The second kappa shape index (κ2) is 11.3. The van der Waals surface area contributed by atoms with Crippen molar-refractivity contribution >= 4 is 35.6 Å². The van der Waals surface area contributed by atoms with Crippen molar-refractivity contribution in [3.05, 3.63) is 48.4 Å². The standard InChI is InChI=1S/C21H31N5O2.HI/c1-22-21(23-16-19(24(2)3)20-6-5-15-28-20)26-13-11-25(12-14-26)17-7-9-18(27-4)10-8-17;/h5-10,15,19H,11-14,16H2,1-4H3,(H,22,23);1H. The highest BCUT2D eigenvalue weighted by atomic mass is 127. The number of piperazine rings is 1. The van der Waals surface area contributed by atoms with Crippen LogP contribution in [0.1, 0.15) is 11.8 Å². The molecule has 1 atom stereocenters. The lowest BCUT2D eigenvalue weighted by Crippen LogP contribution is -2.53. The molecule has 2 heterocycles. The van der Waals surface area contributed by atoms with E-state index in [1.165, 1.54) is 5.69 Å². The molecule has 1 aromatic heterocycles. The summed E-state index contributed by atoms with van der Waals surface area (Å²) >= 11 is 0. The fraction of sp³-hybridized carbons (Fsp3) is 0.476. The first-order valence-electron chi connectivity index (χ1n) is 9.66. The number of methoxy groups -OCH3 is 1. The minimum absolute atomic E-state index is 0. The van der Waals surface area contributed by atoms with Crippen molar-refractivity contribution in [2.75, 3.05) is 65.9 Å². The number of hydrogen-bond acceptors (Lipinski definition) is 5. The van der Waals surface area contributed by atoms with E-state index < -0.39 is 0 Å². The van der Waals surface area contributed by atoms with Gasteiger partial charge in [0.1, 0.15) is 11.5 Å². The Morgan fingerprint density at radius 1 is 1.17 bits per heavy atom. The Bertz CT molecular complexity index is 741. The summed E-state index contributed by atoms with van der Waals surface area (Å²) in [6.07, 6.45) is 1.72. The van der Waals surface area contributed by atoms with Gasteiger partial charge in [-0.1, -0.05) is 0 Å². The van der Waals surface area contributed by atoms with Gasteiger partial charge in [-0.15, -0.1) is 24.0 Å². The highest BCUT2D eigenvalue weighted by Gasteiger charge is 2.22. The van der Waals surface area contributed by atoms with Gasteiger partial charge in [-0.2, -0.15) is 0 Å². The zero-order valence-electron chi connectivity index (χ0n) is 17.7. The van der Waals surface area contributed by atoms with Crippen LogP contribution in [0.2, 0.25) is 0 Å². The number of ether oxygens (including phenoxy) is 1. The molecule has 3 rings (SSSR count). The molecule has 2 aromatic rings. The van der Waals surface area contributed by atoms with Crippen LogP contribution in [0.3, 0.4) is 0 Å². The predicted molar refractivity (Wildman–Crippen MR) is 129 cm³/mol. The van der Waals surface area contributed by atoms with Gasteiger partial charge >= 0.3 is 0 Å². The van der Waals surface area contributed by atoms with E-state index in [1.54, 1.807) is 13.4 Å². The topological polar surface area (TPSA) is 56.5 Å². The van der Waals surface area contributed by atoms with Gasteiger partial charge in [0.2, 0.25) is 0 Å². The van der Waals surface area contributed by atoms with E-state index in [4.69, 9.17) is 9.15 Å². The minimum atomic E-state index is 0. The van der Waals surface area contributed by atoms with E-state index in [0.29, 0.717) is 0 Å². The van der Waals surface area contributed by atoms with Crippen LogP contribution in [-0.4, -0.2) is 76.7 Å². The zero-order chi connectivity index (χ0) is 19.9. The number of likely N-dealkylation sites (N-methyl/N-ethyl adjacent to an activating group) is 1. The van der Waals surface area contributed by atoms with Crippen molar-refractivity contribution in [1.82, 2.24) is 15.1 Å². The van der Waals surface area contributed by atoms with Gasteiger partial charge < -0.3 is 24.3 Å². The molecule has 0 saturated carbocycles. The van der Waals surface area contributed by atoms with E-state index in [0.717, 1.165) is 50.2 Å². The Balaban J connectivity index is 0.00000300. The molecule has 1 fully saturated rings. The normalized spacial score (nSPS) is 15.8. The quantitative estimate of drug-likeness (QED) is 0.365. The van der Waals surface area contributed by atoms with Gasteiger partial charge in [0.15, 0.2) is 5.96 Å². The van der Waals surface area contributed by atoms with Crippen LogP contribution < -0.4 is 15.0 Å². The molecule has 0 bridgehead atoms. The number of nitrogens with one attached hydrogen (secondary N) is 1. The third-order valence-electron chi connectivity index (χ3n) is 5.18. The third-order valence-corrected chi connectivity index (χ3v) is 5.18. The Morgan fingerprint density at radius 2 is 1.86 bits per heavy atom. The van der Waals surface area contributed by atoms with Gasteiger partial charge in [0.05, 0.1) is 19.4 Å². The number of aliphatic imine (C=N–C) groups is 1. The van der Waals surface area contributed by atoms with Crippen molar-refractivity contribution in [2.24, 2.45) is 4.99 Å². The lowest BCUT2D eigenvalue weighted by Gasteiger charge is -2.38. The van der Waals surface area contributed by atoms with E-state index in [1.807, 2.05) is 31.3 Å². The third kappa shape index (κ3) is 6.02. The van der Waals surface area contributed by atoms with Crippen LogP contribution >= 0.6 is 24.0 Å². The van der Waals surface area contributed by atoms with E-state index >= 15 is 0 Å². The zero-order valence-corrected chi connectivity index (χ0v) is 20.0. The fourth-order valence-electron chi connectivity index (χ4n) is 3.51. The first kappa shape index (κ1) is 23.3. The van der Waals surface area contributed by atoms with Crippen LogP contribution in [0.15, 0.2) is 52.1 Å². The smallest absolute Gasteiger partial charge is 0.193 e. The molecule has 1 aliphatic rings. The summed E-state index contributed by atoms with van der Waals surface area (Å²) in [5, 5.41) is 3.52. The summed E-state index contributed by atoms with van der Waals surface area (Å²) in [7, 11) is 7.66. The Hall–Kier alpha value is -1.94. The van der Waals surface area contributed by atoms with Crippen molar-refractivity contribution < 1.29 is 9.15 Å². The number of anilines is 1. The highest BCUT2D eigenvalue weighted by Crippen LogP contribution is 2.21. The number of benzene rings is 1. The molecule has 7 nitrogen and oxygen atoms in total. The maximum atomic E-state index is 5.60. The van der Waals surface area contributed by atoms with E-state index in [9.17, 15) is 0 Å². The molecule has 29 heavy (non-hydrogen) atoms. The molecule has 1 unspecified atom stereocenters. The number of halogens is 1. The average Bonchev–Trinajstić information content (AvgIpc) is 3.25. The lowest BCUT2D eigenvalue weighted by atomic mass is 10.2. The molecule has 0 aliphatic carbocycles. The molecule has 0 spiro atoms. The summed E-state index contributed by atoms with van der Waals surface area (Å²) in [6.45, 7) is 4.52. The minimum Gasteiger partial charge on any atom is -0.497 e. The summed E-state index contributed by atoms with van der Waals surface area (Å²) in [6, 6.07) is 12.4. The lowest BCUT2D eigenvalue weighted by molar-refractivity contribution is 0.255. The number of rotatable bonds is 6. The van der Waals surface area contributed by atoms with Crippen LogP contribution in [-0.2, 0) is 0 Å². The summed E-state index contributed by atoms with van der Waals surface area (Å²) in [4.78, 5) is 11.4. The van der Waals surface area contributed by atoms with Crippen molar-refractivity contribution in [3.8, 4) is 5.75 Å². The van der Waals surface area contributed by atoms with Gasteiger partial charge in [0.25, 0.3) is 0 Å². The first-order chi connectivity index (χ1) is 13.6. The van der Waals surface area contributed by atoms with Crippen LogP contribution in [0, 0.1) is 0 Å². The molecule has 1 N–H and O–H groups in total. The van der Waals surface area contributed by atoms with Crippen LogP contribution in [0.5, 0.6) is 5.75 Å². The van der Waals surface area contributed by atoms with Crippen LogP contribution in [0.25, 0.3) is 0 Å². The molecule has 1 saturated heterocycles. The SMILES string of the molecule is CN=C(NCC(c1ccco1)N(C)C)N1CCN(c2ccc(OC)cc2)CC1.I. The van der Waals surface area contributed by atoms with Crippen LogP contribution in [0.4, 0.5) is 5.69 Å². The van der Waals surface area contributed by atoms with Crippen molar-refractivity contribution in [3.63, 3.8) is 0 Å². The molecular weight excluding hydrogens is 481 g/mol. The monoisotopic (exact) mass is 513 g/mol. The molecule has 8 heteroatoms. The molecule has 160 valence electrons. The largest absolute Gasteiger partial charge is 0.497 e. The van der Waals surface area contributed by atoms with Crippen molar-refractivity contribution in [1.29, 1.82) is 0 Å². The fourth-order valence-corrected chi connectivity index (χ4v) is 3.51. The average molecular weight is 513 g/mol. The number of furan rings is 1.